The zero-order valence-electron chi connectivity index (χ0n) is 26.9. The predicted molar refractivity (Wildman–Crippen MR) is 169 cm³/mol. The monoisotopic (exact) mass is 613 g/mol. The molecule has 6 nitrogen and oxygen atoms in total. The van der Waals surface area contributed by atoms with E-state index < -0.39 is 11.7 Å². The number of halogens is 3. The lowest BCUT2D eigenvalue weighted by Gasteiger charge is -2.35. The van der Waals surface area contributed by atoms with Crippen molar-refractivity contribution in [1.29, 1.82) is 0 Å². The van der Waals surface area contributed by atoms with Gasteiger partial charge in [-0.15, -0.1) is 0 Å². The molecule has 2 atom stereocenters. The molecule has 1 aromatic carbocycles. The van der Waals surface area contributed by atoms with Gasteiger partial charge in [0.15, 0.2) is 0 Å². The molecule has 1 N–H and O–H groups in total. The largest absolute Gasteiger partial charge is 0.492 e. The summed E-state index contributed by atoms with van der Waals surface area (Å²) in [6, 6.07) is 7.30. The molecule has 0 saturated carbocycles. The number of ether oxygens (including phenoxy) is 2. The molecule has 4 rings (SSSR count). The Morgan fingerprint density at radius 1 is 1.09 bits per heavy atom. The summed E-state index contributed by atoms with van der Waals surface area (Å²) in [5.41, 5.74) is 1.35. The van der Waals surface area contributed by atoms with Crippen molar-refractivity contribution >= 4 is 5.91 Å². The first-order valence-corrected chi connectivity index (χ1v) is 15.3. The summed E-state index contributed by atoms with van der Waals surface area (Å²) < 4.78 is 52.7. The summed E-state index contributed by atoms with van der Waals surface area (Å²) in [4.78, 5) is 19.3. The average Bonchev–Trinajstić information content (AvgIpc) is 3.12. The number of carbonyl (C=O) groups excluding carboxylic acids is 1. The van der Waals surface area contributed by atoms with Crippen LogP contribution in [0.2, 0.25) is 0 Å². The van der Waals surface area contributed by atoms with Gasteiger partial charge in [0.05, 0.1) is 23.5 Å². The highest BCUT2D eigenvalue weighted by molar-refractivity contribution is 5.96. The summed E-state index contributed by atoms with van der Waals surface area (Å²) in [6.07, 6.45) is 4.85. The Labute approximate surface area is 260 Å². The van der Waals surface area contributed by atoms with Crippen molar-refractivity contribution < 1.29 is 27.4 Å². The third-order valence-electron chi connectivity index (χ3n) is 7.54. The van der Waals surface area contributed by atoms with E-state index in [-0.39, 0.29) is 34.9 Å². The summed E-state index contributed by atoms with van der Waals surface area (Å²) >= 11 is 0. The quantitative estimate of drug-likeness (QED) is 0.326. The fourth-order valence-corrected chi connectivity index (χ4v) is 4.89. The maximum absolute atomic E-state index is 13.6. The first-order chi connectivity index (χ1) is 20.8. The highest BCUT2D eigenvalue weighted by atomic mass is 19.4. The first-order valence-electron chi connectivity index (χ1n) is 15.3. The van der Waals surface area contributed by atoms with Gasteiger partial charge in [0, 0.05) is 48.7 Å². The van der Waals surface area contributed by atoms with Crippen molar-refractivity contribution in [3.63, 3.8) is 0 Å². The molecule has 0 bridgehead atoms. The number of benzene rings is 1. The number of carbonyl (C=O) groups is 1. The fourth-order valence-electron chi connectivity index (χ4n) is 4.89. The second-order valence-corrected chi connectivity index (χ2v) is 11.8. The number of hydrogen-bond donors (Lipinski definition) is 1. The van der Waals surface area contributed by atoms with Crippen LogP contribution in [0.15, 0.2) is 71.8 Å². The van der Waals surface area contributed by atoms with Crippen LogP contribution >= 0.6 is 0 Å². The number of hydrogen-bond acceptors (Lipinski definition) is 5. The smallest absolute Gasteiger partial charge is 0.418 e. The van der Waals surface area contributed by atoms with Gasteiger partial charge in [-0.3, -0.25) is 14.7 Å². The molecule has 1 aliphatic carbocycles. The van der Waals surface area contributed by atoms with E-state index >= 15 is 0 Å². The van der Waals surface area contributed by atoms with Crippen molar-refractivity contribution in [2.75, 3.05) is 26.2 Å². The maximum Gasteiger partial charge on any atom is 0.418 e. The molecule has 2 aliphatic rings. The number of aromatic nitrogens is 1. The first kappa shape index (κ1) is 35.1. The molecule has 1 aliphatic heterocycles. The zero-order valence-corrected chi connectivity index (χ0v) is 26.9. The molecule has 2 unspecified atom stereocenters. The minimum atomic E-state index is -4.53. The van der Waals surface area contributed by atoms with Crippen LogP contribution in [0.25, 0.3) is 11.3 Å². The van der Waals surface area contributed by atoms with Crippen LogP contribution in [0.4, 0.5) is 13.2 Å². The Morgan fingerprint density at radius 3 is 2.32 bits per heavy atom. The number of allylic oxidation sites excluding steroid dienone is 4. The summed E-state index contributed by atoms with van der Waals surface area (Å²) in [5, 5.41) is 2.89. The Kier molecular flexibility index (Phi) is 12.8. The summed E-state index contributed by atoms with van der Waals surface area (Å²) in [7, 11) is 0. The van der Waals surface area contributed by atoms with E-state index in [9.17, 15) is 18.0 Å². The Hall–Kier alpha value is -3.43. The van der Waals surface area contributed by atoms with Crippen molar-refractivity contribution in [2.24, 2.45) is 5.92 Å². The number of aryl methyl sites for hydroxylation is 1. The number of pyridine rings is 1. The van der Waals surface area contributed by atoms with E-state index in [0.717, 1.165) is 31.1 Å². The molecule has 240 valence electrons. The van der Waals surface area contributed by atoms with E-state index in [2.05, 4.69) is 49.8 Å². The lowest BCUT2D eigenvalue weighted by Crippen LogP contribution is -2.46. The highest BCUT2D eigenvalue weighted by Gasteiger charge is 2.36. The number of amides is 1. The Morgan fingerprint density at radius 2 is 1.73 bits per heavy atom. The molecule has 0 spiro atoms. The van der Waals surface area contributed by atoms with Crippen LogP contribution in [0.1, 0.15) is 75.9 Å². The SMILES string of the molecule is CC1=CCC=C(NC(=O)c2ccc(-c3nccc(C)c3C(F)(F)F)cc2)C=C1OCCN1CC(C)OC(C)C1.CCC(C)C. The molecule has 0 radical (unpaired) electrons. The number of alkyl halides is 3. The predicted octanol–water partition coefficient (Wildman–Crippen LogP) is 8.10. The van der Waals surface area contributed by atoms with E-state index in [1.54, 1.807) is 0 Å². The molecule has 1 saturated heterocycles. The van der Waals surface area contributed by atoms with E-state index in [0.29, 0.717) is 30.0 Å². The molecule has 2 aromatic rings. The van der Waals surface area contributed by atoms with Crippen LogP contribution < -0.4 is 5.32 Å². The zero-order chi connectivity index (χ0) is 32.4. The average molecular weight is 614 g/mol. The lowest BCUT2D eigenvalue weighted by atomic mass is 10.00. The van der Waals surface area contributed by atoms with Gasteiger partial charge in [-0.25, -0.2) is 0 Å². The van der Waals surface area contributed by atoms with Gasteiger partial charge >= 0.3 is 6.18 Å². The highest BCUT2D eigenvalue weighted by Crippen LogP contribution is 2.38. The standard InChI is InChI=1S/C30H34F3N3O3.C5H12/c1-19-6-5-7-25(16-26(19)38-15-14-36-17-21(3)39-22(4)18-36)35-29(37)24-10-8-23(9-11-24)28-27(30(31,32)33)20(2)12-13-34-28;1-4-5(2)3/h6-13,16,21-22H,5,14-15,17-18H2,1-4H3,(H,35,37);5H,4H2,1-3H3. The summed E-state index contributed by atoms with van der Waals surface area (Å²) in [5.74, 6) is 1.21. The number of morpholine rings is 1. The van der Waals surface area contributed by atoms with Gasteiger partial charge in [-0.2, -0.15) is 13.2 Å². The number of nitrogens with one attached hydrogen (secondary N) is 1. The molecule has 1 fully saturated rings. The van der Waals surface area contributed by atoms with E-state index in [1.807, 2.05) is 25.2 Å². The minimum Gasteiger partial charge on any atom is -0.492 e. The fraction of sp³-hybridized carbons (Fsp3) is 0.486. The molecule has 9 heteroatoms. The Balaban J connectivity index is 0.000000978. The lowest BCUT2D eigenvalue weighted by molar-refractivity contribution is -0.137. The second kappa shape index (κ2) is 16.0. The molecular formula is C35H46F3N3O3. The maximum atomic E-state index is 13.6. The third-order valence-corrected chi connectivity index (χ3v) is 7.54. The van der Waals surface area contributed by atoms with Gasteiger partial charge in [-0.1, -0.05) is 51.5 Å². The molecule has 2 heterocycles. The molecule has 1 aromatic heterocycles. The van der Waals surface area contributed by atoms with Crippen molar-refractivity contribution in [2.45, 2.75) is 79.7 Å². The Bertz CT molecular complexity index is 1340. The van der Waals surface area contributed by atoms with Crippen LogP contribution in [0.3, 0.4) is 0 Å². The van der Waals surface area contributed by atoms with Gasteiger partial charge in [0.2, 0.25) is 0 Å². The second-order valence-electron chi connectivity index (χ2n) is 11.8. The van der Waals surface area contributed by atoms with Crippen molar-refractivity contribution in [3.05, 3.63) is 88.5 Å². The van der Waals surface area contributed by atoms with Crippen LogP contribution in [-0.4, -0.2) is 54.2 Å². The van der Waals surface area contributed by atoms with Gasteiger partial charge in [0.1, 0.15) is 12.4 Å². The van der Waals surface area contributed by atoms with Crippen LogP contribution in [-0.2, 0) is 15.7 Å². The van der Waals surface area contributed by atoms with E-state index in [1.165, 1.54) is 49.9 Å². The van der Waals surface area contributed by atoms with E-state index in [4.69, 9.17) is 9.47 Å². The van der Waals surface area contributed by atoms with Crippen molar-refractivity contribution in [3.8, 4) is 11.3 Å². The number of nitrogens with zero attached hydrogens (tertiary/aromatic N) is 2. The van der Waals surface area contributed by atoms with Gasteiger partial charge < -0.3 is 14.8 Å². The summed E-state index contributed by atoms with van der Waals surface area (Å²) in [6.45, 7) is 17.1. The molecule has 1 amide bonds. The molecule has 44 heavy (non-hydrogen) atoms. The van der Waals surface area contributed by atoms with Crippen LogP contribution in [0.5, 0.6) is 0 Å². The normalized spacial score (nSPS) is 19.2. The molecular weight excluding hydrogens is 567 g/mol. The third kappa shape index (κ3) is 10.3. The van der Waals surface area contributed by atoms with Crippen molar-refractivity contribution in [1.82, 2.24) is 15.2 Å². The van der Waals surface area contributed by atoms with Crippen LogP contribution in [0, 0.1) is 12.8 Å². The topological polar surface area (TPSA) is 63.7 Å². The van der Waals surface area contributed by atoms with Gasteiger partial charge in [-0.05, 0) is 69.4 Å². The number of rotatable bonds is 8. The minimum absolute atomic E-state index is 0.0948. The van der Waals surface area contributed by atoms with Gasteiger partial charge in [0.25, 0.3) is 5.91 Å².